The van der Waals surface area contributed by atoms with E-state index in [-0.39, 0.29) is 18.5 Å². The number of hydrogen-bond acceptors (Lipinski definition) is 3. The van der Waals surface area contributed by atoms with E-state index in [4.69, 9.17) is 22.1 Å². The number of ether oxygens (including phenoxy) is 1. The largest absolute Gasteiger partial charge is 0.493 e. The second-order valence-electron chi connectivity index (χ2n) is 6.33. The van der Waals surface area contributed by atoms with E-state index in [1.807, 2.05) is 36.4 Å². The summed E-state index contributed by atoms with van der Waals surface area (Å²) in [5.74, 6) is 1.15. The summed E-state index contributed by atoms with van der Waals surface area (Å²) in [5.41, 5.74) is 6.53. The van der Waals surface area contributed by atoms with E-state index in [1.165, 1.54) is 0 Å². The highest BCUT2D eigenvalue weighted by molar-refractivity contribution is 6.31. The van der Waals surface area contributed by atoms with Crippen LogP contribution < -0.4 is 15.8 Å². The molecule has 0 amide bonds. The molecular weight excluding hydrogens is 338 g/mol. The van der Waals surface area contributed by atoms with Crippen LogP contribution in [0.15, 0.2) is 53.5 Å². The van der Waals surface area contributed by atoms with Crippen LogP contribution in [0.2, 0.25) is 5.02 Å². The molecule has 6 heteroatoms. The molecule has 1 aliphatic rings. The Bertz CT molecular complexity index is 777. The number of para-hydroxylation sites is 1. The molecule has 5 nitrogen and oxygen atoms in total. The topological polar surface area (TPSA) is 79.9 Å². The molecule has 0 saturated heterocycles. The minimum absolute atomic E-state index is 0.0407. The third-order valence-electron chi connectivity index (χ3n) is 4.29. The Kier molecular flexibility index (Phi) is 5.16. The monoisotopic (exact) mass is 359 g/mol. The number of fused-ring (bicyclic) bond motifs is 1. The number of halogens is 1. The molecule has 1 aliphatic heterocycles. The molecule has 2 unspecified atom stereocenters. The van der Waals surface area contributed by atoms with Crippen LogP contribution in [-0.2, 0) is 5.60 Å². The molecule has 132 valence electrons. The first kappa shape index (κ1) is 17.6. The predicted octanol–water partition coefficient (Wildman–Crippen LogP) is 2.98. The first-order chi connectivity index (χ1) is 12.0. The van der Waals surface area contributed by atoms with Crippen molar-refractivity contribution in [2.45, 2.75) is 25.0 Å². The van der Waals surface area contributed by atoms with Crippen LogP contribution in [0.5, 0.6) is 5.75 Å². The van der Waals surface area contributed by atoms with E-state index in [9.17, 15) is 5.11 Å². The average molecular weight is 360 g/mol. The van der Waals surface area contributed by atoms with Crippen LogP contribution in [0.3, 0.4) is 0 Å². The first-order valence-corrected chi connectivity index (χ1v) is 8.61. The van der Waals surface area contributed by atoms with Crippen molar-refractivity contribution in [1.29, 1.82) is 0 Å². The second kappa shape index (κ2) is 7.33. The van der Waals surface area contributed by atoms with Gasteiger partial charge in [-0.15, -0.1) is 0 Å². The van der Waals surface area contributed by atoms with Crippen molar-refractivity contribution in [1.82, 2.24) is 5.32 Å². The van der Waals surface area contributed by atoms with Gasteiger partial charge in [-0.2, -0.15) is 0 Å². The van der Waals surface area contributed by atoms with Crippen molar-refractivity contribution >= 4 is 17.6 Å². The van der Waals surface area contributed by atoms with E-state index in [1.54, 1.807) is 19.1 Å². The molecular formula is C19H22ClN3O2. The summed E-state index contributed by atoms with van der Waals surface area (Å²) in [4.78, 5) is 4.31. The van der Waals surface area contributed by atoms with Gasteiger partial charge in [-0.25, -0.2) is 0 Å². The SMILES string of the molecule is CC(O)(CN=C(N)NC1CCOc2ccccc21)c1ccccc1Cl. The van der Waals surface area contributed by atoms with E-state index in [0.29, 0.717) is 17.2 Å². The maximum atomic E-state index is 10.7. The number of guanidine groups is 1. The summed E-state index contributed by atoms with van der Waals surface area (Å²) in [7, 11) is 0. The Labute approximate surface area is 152 Å². The molecule has 0 aromatic heterocycles. The zero-order valence-electron chi connectivity index (χ0n) is 14.1. The lowest BCUT2D eigenvalue weighted by molar-refractivity contribution is 0.0674. The van der Waals surface area contributed by atoms with E-state index in [0.717, 1.165) is 17.7 Å². The molecule has 0 fully saturated rings. The molecule has 3 rings (SSSR count). The third-order valence-corrected chi connectivity index (χ3v) is 4.62. The molecule has 0 radical (unpaired) electrons. The van der Waals surface area contributed by atoms with E-state index in [2.05, 4.69) is 10.3 Å². The van der Waals surface area contributed by atoms with Crippen molar-refractivity contribution in [2.24, 2.45) is 10.7 Å². The second-order valence-corrected chi connectivity index (χ2v) is 6.73. The van der Waals surface area contributed by atoms with E-state index < -0.39 is 5.60 Å². The van der Waals surface area contributed by atoms with Gasteiger partial charge in [0.2, 0.25) is 0 Å². The summed E-state index contributed by atoms with van der Waals surface area (Å²) in [5, 5.41) is 14.4. The fraction of sp³-hybridized carbons (Fsp3) is 0.316. The van der Waals surface area contributed by atoms with Gasteiger partial charge in [0.1, 0.15) is 11.4 Å². The van der Waals surface area contributed by atoms with Crippen molar-refractivity contribution in [2.75, 3.05) is 13.2 Å². The third kappa shape index (κ3) is 4.06. The first-order valence-electron chi connectivity index (χ1n) is 8.23. The zero-order chi connectivity index (χ0) is 17.9. The minimum atomic E-state index is -1.20. The lowest BCUT2D eigenvalue weighted by atomic mass is 9.96. The van der Waals surface area contributed by atoms with Gasteiger partial charge in [0.25, 0.3) is 0 Å². The molecule has 4 N–H and O–H groups in total. The van der Waals surface area contributed by atoms with Gasteiger partial charge in [-0.3, -0.25) is 4.99 Å². The Morgan fingerprint density at radius 1 is 1.32 bits per heavy atom. The standard InChI is InChI=1S/C19H22ClN3O2/c1-19(24,14-7-3-4-8-15(14)20)12-22-18(21)23-16-10-11-25-17-9-5-2-6-13(16)17/h2-9,16,24H,10-12H2,1H3,(H3,21,22,23). The summed E-state index contributed by atoms with van der Waals surface area (Å²) in [6, 6.07) is 15.1. The fourth-order valence-corrected chi connectivity index (χ4v) is 3.28. The molecule has 0 aliphatic carbocycles. The van der Waals surface area contributed by atoms with Gasteiger partial charge in [-0.1, -0.05) is 48.0 Å². The number of benzene rings is 2. The number of nitrogens with one attached hydrogen (secondary N) is 1. The van der Waals surface area contributed by atoms with Crippen LogP contribution in [0.4, 0.5) is 0 Å². The van der Waals surface area contributed by atoms with Gasteiger partial charge in [0.05, 0.1) is 19.2 Å². The summed E-state index contributed by atoms with van der Waals surface area (Å²) in [6.45, 7) is 2.41. The number of rotatable bonds is 4. The maximum absolute atomic E-state index is 10.7. The summed E-state index contributed by atoms with van der Waals surface area (Å²) < 4.78 is 5.65. The highest BCUT2D eigenvalue weighted by Crippen LogP contribution is 2.31. The summed E-state index contributed by atoms with van der Waals surface area (Å²) in [6.07, 6.45) is 0.800. The zero-order valence-corrected chi connectivity index (χ0v) is 14.8. The molecule has 0 spiro atoms. The Hall–Kier alpha value is -2.24. The van der Waals surface area contributed by atoms with Gasteiger partial charge in [0.15, 0.2) is 5.96 Å². The van der Waals surface area contributed by atoms with Gasteiger partial charge in [-0.05, 0) is 19.1 Å². The highest BCUT2D eigenvalue weighted by atomic mass is 35.5. The van der Waals surface area contributed by atoms with Gasteiger partial charge < -0.3 is 20.9 Å². The van der Waals surface area contributed by atoms with Crippen LogP contribution in [0.25, 0.3) is 0 Å². The van der Waals surface area contributed by atoms with Crippen molar-refractivity contribution in [3.8, 4) is 5.75 Å². The number of nitrogens with two attached hydrogens (primary N) is 1. The van der Waals surface area contributed by atoms with Crippen LogP contribution in [0, 0.1) is 0 Å². The molecule has 2 aromatic rings. The maximum Gasteiger partial charge on any atom is 0.189 e. The number of aliphatic imine (C=N–C) groups is 1. The lowest BCUT2D eigenvalue weighted by Gasteiger charge is -2.27. The highest BCUT2D eigenvalue weighted by Gasteiger charge is 2.26. The van der Waals surface area contributed by atoms with Crippen LogP contribution in [-0.4, -0.2) is 24.2 Å². The average Bonchev–Trinajstić information content (AvgIpc) is 2.61. The summed E-state index contributed by atoms with van der Waals surface area (Å²) >= 11 is 6.17. The quantitative estimate of drug-likeness (QED) is 0.579. The molecule has 0 saturated carbocycles. The molecule has 1 heterocycles. The predicted molar refractivity (Wildman–Crippen MR) is 99.9 cm³/mol. The molecule has 25 heavy (non-hydrogen) atoms. The molecule has 0 bridgehead atoms. The number of nitrogens with zero attached hydrogens (tertiary/aromatic N) is 1. The van der Waals surface area contributed by atoms with Gasteiger partial charge >= 0.3 is 0 Å². The smallest absolute Gasteiger partial charge is 0.189 e. The number of hydrogen-bond donors (Lipinski definition) is 3. The van der Waals surface area contributed by atoms with Crippen molar-refractivity contribution in [3.63, 3.8) is 0 Å². The van der Waals surface area contributed by atoms with Crippen molar-refractivity contribution < 1.29 is 9.84 Å². The minimum Gasteiger partial charge on any atom is -0.493 e. The van der Waals surface area contributed by atoms with Crippen LogP contribution >= 0.6 is 11.6 Å². The van der Waals surface area contributed by atoms with Gasteiger partial charge in [0, 0.05) is 22.6 Å². The van der Waals surface area contributed by atoms with Crippen molar-refractivity contribution in [3.05, 3.63) is 64.7 Å². The fourth-order valence-electron chi connectivity index (χ4n) is 2.94. The van der Waals surface area contributed by atoms with E-state index >= 15 is 0 Å². The van der Waals surface area contributed by atoms with Crippen LogP contribution in [0.1, 0.15) is 30.5 Å². The number of aliphatic hydroxyl groups is 1. The lowest BCUT2D eigenvalue weighted by Crippen LogP contribution is -2.38. The Balaban J connectivity index is 1.70. The normalized spacial score (nSPS) is 19.5. The Morgan fingerprint density at radius 3 is 2.84 bits per heavy atom. The Morgan fingerprint density at radius 2 is 2.04 bits per heavy atom. The molecule has 2 atom stereocenters. The molecule has 2 aromatic carbocycles.